The SMILES string of the molecule is COCCOC(=O)N1C(=O)[C@@]2(c3cc(C#CCn4nnc5ccccc54)ccc31)[C@H](C(=O)NC[C@H](O)c1ccccc1)[C@H]1C(=O)O[C@H](c3ccccc3)[C@H](c3ccccc3)N1[C@@H]2c1ccc(OCCO)cc1. The van der Waals surface area contributed by atoms with E-state index in [1.54, 1.807) is 71.4 Å². The lowest BCUT2D eigenvalue weighted by molar-refractivity contribution is -0.178. The smallest absolute Gasteiger partial charge is 0.421 e. The number of esters is 1. The van der Waals surface area contributed by atoms with E-state index in [1.807, 2.05) is 95.9 Å². The highest BCUT2D eigenvalue weighted by molar-refractivity contribution is 6.23. The van der Waals surface area contributed by atoms with Crippen LogP contribution in [0.1, 0.15) is 57.7 Å². The summed E-state index contributed by atoms with van der Waals surface area (Å²) in [5, 5.41) is 32.6. The number of fused-ring (bicyclic) bond motifs is 4. The Kier molecular flexibility index (Phi) is 13.6. The molecule has 1 spiro atoms. The number of morpholine rings is 1. The van der Waals surface area contributed by atoms with Gasteiger partial charge in [-0.2, -0.15) is 0 Å². The van der Waals surface area contributed by atoms with E-state index in [4.69, 9.17) is 18.9 Å². The summed E-state index contributed by atoms with van der Waals surface area (Å²) in [5.41, 5.74) is 2.55. The van der Waals surface area contributed by atoms with Crippen LogP contribution in [0.5, 0.6) is 5.75 Å². The van der Waals surface area contributed by atoms with Crippen LogP contribution in [-0.2, 0) is 40.6 Å². The molecule has 0 bridgehead atoms. The second-order valence-corrected chi connectivity index (χ2v) is 17.6. The summed E-state index contributed by atoms with van der Waals surface area (Å²) in [6, 6.07) is 43.3. The summed E-state index contributed by atoms with van der Waals surface area (Å²) in [5.74, 6) is 2.83. The third-order valence-electron chi connectivity index (χ3n) is 13.5. The molecule has 3 aliphatic heterocycles. The molecule has 364 valence electrons. The quantitative estimate of drug-likeness (QED) is 0.0639. The number of nitrogens with zero attached hydrogens (tertiary/aromatic N) is 5. The van der Waals surface area contributed by atoms with Crippen LogP contribution in [0, 0.1) is 17.8 Å². The molecule has 7 atom stereocenters. The molecule has 7 aromatic rings. The van der Waals surface area contributed by atoms with Gasteiger partial charge in [0.25, 0.3) is 0 Å². The van der Waals surface area contributed by atoms with Crippen LogP contribution in [0.4, 0.5) is 10.5 Å². The van der Waals surface area contributed by atoms with E-state index < -0.39 is 65.5 Å². The Morgan fingerprint density at radius 1 is 0.806 bits per heavy atom. The molecular weight excluding hydrogens is 917 g/mol. The zero-order chi connectivity index (χ0) is 49.8. The van der Waals surface area contributed by atoms with Gasteiger partial charge in [0.1, 0.15) is 48.6 Å². The third kappa shape index (κ3) is 8.62. The summed E-state index contributed by atoms with van der Waals surface area (Å²) in [6.45, 7) is -0.518. The highest BCUT2D eigenvalue weighted by Gasteiger charge is 2.75. The average Bonchev–Trinajstić information content (AvgIpc) is 4.06. The van der Waals surface area contributed by atoms with Crippen molar-refractivity contribution in [2.75, 3.05) is 45.0 Å². The van der Waals surface area contributed by atoms with Gasteiger partial charge in [-0.05, 0) is 70.3 Å². The number of rotatable bonds is 14. The molecule has 10 rings (SSSR count). The highest BCUT2D eigenvalue weighted by Crippen LogP contribution is 2.66. The number of anilines is 1. The molecule has 3 N–H and O–H groups in total. The van der Waals surface area contributed by atoms with Crippen LogP contribution >= 0.6 is 0 Å². The van der Waals surface area contributed by atoms with Gasteiger partial charge in [0, 0.05) is 19.2 Å². The zero-order valence-corrected chi connectivity index (χ0v) is 39.1. The van der Waals surface area contributed by atoms with Crippen LogP contribution < -0.4 is 15.0 Å². The van der Waals surface area contributed by atoms with E-state index in [-0.39, 0.29) is 50.8 Å². The van der Waals surface area contributed by atoms with Crippen molar-refractivity contribution in [3.63, 3.8) is 0 Å². The molecule has 3 amide bonds. The Morgan fingerprint density at radius 3 is 2.22 bits per heavy atom. The number of hydrogen-bond acceptors (Lipinski definition) is 13. The van der Waals surface area contributed by atoms with E-state index in [0.717, 1.165) is 10.4 Å². The number of hydrogen-bond donors (Lipinski definition) is 3. The van der Waals surface area contributed by atoms with Gasteiger partial charge >= 0.3 is 12.1 Å². The maximum atomic E-state index is 16.5. The Balaban J connectivity index is 1.22. The Labute approximate surface area is 414 Å². The monoisotopic (exact) mass is 966 g/mol. The second kappa shape index (κ2) is 20.6. The van der Waals surface area contributed by atoms with Gasteiger partial charge in [0.2, 0.25) is 11.8 Å². The van der Waals surface area contributed by atoms with Crippen molar-refractivity contribution in [1.82, 2.24) is 25.2 Å². The topological polar surface area (TPSA) is 195 Å². The molecule has 1 aromatic heterocycles. The minimum Gasteiger partial charge on any atom is -0.491 e. The van der Waals surface area contributed by atoms with E-state index in [2.05, 4.69) is 27.5 Å². The Hall–Kier alpha value is -8.20. The standard InChI is InChI=1S/C56H50N6O10/c1-69-32-33-71-55(68)61-44-28-23-36(14-13-29-60-45-22-12-11-21-43(45)58-59-60)34-42(44)56(54(61)67)47(52(65)57-35-46(64)37-15-5-2-6-16-37)49-53(66)72-50(39-19-9-4-10-20-39)48(38-17-7-3-8-18-38)62(49)51(56)40-24-26-41(27-25-40)70-31-30-63/h2-12,15-28,34,46-51,63-64H,29-33,35H2,1H3,(H,57,65)/t46-,47-,48-,49-,50+,51+,56-/m0/s1. The first-order valence-electron chi connectivity index (χ1n) is 23.6. The first-order valence-corrected chi connectivity index (χ1v) is 23.6. The molecule has 0 radical (unpaired) electrons. The van der Waals surface area contributed by atoms with Crippen LogP contribution in [0.3, 0.4) is 0 Å². The summed E-state index contributed by atoms with van der Waals surface area (Å²) >= 11 is 0. The molecule has 3 aliphatic rings. The fourth-order valence-electron chi connectivity index (χ4n) is 10.5. The van der Waals surface area contributed by atoms with Crippen molar-refractivity contribution in [2.24, 2.45) is 5.92 Å². The van der Waals surface area contributed by atoms with Crippen LogP contribution in [0.2, 0.25) is 0 Å². The molecule has 72 heavy (non-hydrogen) atoms. The number of para-hydroxylation sites is 1. The Bertz CT molecular complexity index is 3160. The number of amides is 3. The van der Waals surface area contributed by atoms with Gasteiger partial charge in [-0.15, -0.1) is 5.10 Å². The van der Waals surface area contributed by atoms with Gasteiger partial charge in [0.05, 0.1) is 48.5 Å². The molecule has 16 nitrogen and oxygen atoms in total. The average molecular weight is 967 g/mol. The summed E-state index contributed by atoms with van der Waals surface area (Å²) in [7, 11) is 1.45. The maximum Gasteiger partial charge on any atom is 0.421 e. The van der Waals surface area contributed by atoms with Crippen molar-refractivity contribution in [2.45, 2.75) is 42.3 Å². The second-order valence-electron chi connectivity index (χ2n) is 17.6. The van der Waals surface area contributed by atoms with Crippen molar-refractivity contribution in [3.05, 3.63) is 191 Å². The number of methoxy groups -OCH3 is 1. The van der Waals surface area contributed by atoms with Crippen molar-refractivity contribution in [3.8, 4) is 17.6 Å². The number of cyclic esters (lactones) is 1. The van der Waals surface area contributed by atoms with E-state index in [9.17, 15) is 15.0 Å². The van der Waals surface area contributed by atoms with Crippen molar-refractivity contribution < 1.29 is 48.3 Å². The molecule has 4 heterocycles. The lowest BCUT2D eigenvalue weighted by atomic mass is 9.65. The van der Waals surface area contributed by atoms with E-state index >= 15 is 14.4 Å². The molecule has 6 aromatic carbocycles. The van der Waals surface area contributed by atoms with Gasteiger partial charge in [-0.3, -0.25) is 19.3 Å². The van der Waals surface area contributed by atoms with Crippen molar-refractivity contribution in [1.29, 1.82) is 0 Å². The highest BCUT2D eigenvalue weighted by atomic mass is 16.6. The molecule has 2 saturated heterocycles. The fraction of sp³-hybridized carbons (Fsp3) is 0.250. The number of nitrogens with one attached hydrogen (secondary N) is 1. The predicted molar refractivity (Wildman–Crippen MR) is 263 cm³/mol. The predicted octanol–water partition coefficient (Wildman–Crippen LogP) is 6.15. The minimum atomic E-state index is -2.12. The first-order chi connectivity index (χ1) is 35.2. The van der Waals surface area contributed by atoms with E-state index in [1.165, 1.54) is 7.11 Å². The number of aliphatic hydroxyl groups excluding tert-OH is 2. The Morgan fingerprint density at radius 2 is 1.50 bits per heavy atom. The van der Waals surface area contributed by atoms with Crippen molar-refractivity contribution >= 4 is 40.6 Å². The van der Waals surface area contributed by atoms with Crippen LogP contribution in [-0.4, -0.2) is 100 Å². The van der Waals surface area contributed by atoms with Gasteiger partial charge in [0.15, 0.2) is 0 Å². The van der Waals surface area contributed by atoms with Gasteiger partial charge in [-0.25, -0.2) is 14.4 Å². The number of benzene rings is 6. The number of carbonyl (C=O) groups is 4. The number of aromatic nitrogens is 3. The number of carbonyl (C=O) groups excluding carboxylic acids is 4. The normalized spacial score (nSPS) is 21.6. The largest absolute Gasteiger partial charge is 0.491 e. The number of aliphatic hydroxyl groups is 2. The van der Waals surface area contributed by atoms with E-state index in [0.29, 0.717) is 39.1 Å². The minimum absolute atomic E-state index is 0.0155. The molecule has 0 aliphatic carbocycles. The maximum absolute atomic E-state index is 16.5. The van der Waals surface area contributed by atoms with Gasteiger partial charge in [-0.1, -0.05) is 132 Å². The summed E-state index contributed by atoms with van der Waals surface area (Å²) in [6.07, 6.45) is -3.15. The summed E-state index contributed by atoms with van der Waals surface area (Å²) in [4.78, 5) is 65.1. The number of imide groups is 1. The van der Waals surface area contributed by atoms with Crippen LogP contribution in [0.25, 0.3) is 11.0 Å². The van der Waals surface area contributed by atoms with Gasteiger partial charge < -0.3 is 34.5 Å². The molecular formula is C56H50N6O10. The zero-order valence-electron chi connectivity index (χ0n) is 39.1. The first kappa shape index (κ1) is 47.5. The molecule has 0 unspecified atom stereocenters. The fourth-order valence-corrected chi connectivity index (χ4v) is 10.5. The molecule has 16 heteroatoms. The lowest BCUT2D eigenvalue weighted by Crippen LogP contribution is -2.56. The molecule has 0 saturated carbocycles. The number of ether oxygens (including phenoxy) is 4. The lowest BCUT2D eigenvalue weighted by Gasteiger charge is -2.46. The third-order valence-corrected chi connectivity index (χ3v) is 13.5. The van der Waals surface area contributed by atoms with Crippen LogP contribution in [0.15, 0.2) is 158 Å². The molecule has 2 fully saturated rings. The summed E-state index contributed by atoms with van der Waals surface area (Å²) < 4.78 is 25.0.